The summed E-state index contributed by atoms with van der Waals surface area (Å²) in [5.41, 5.74) is 2.25. The minimum Gasteiger partial charge on any atom is -0.440 e. The summed E-state index contributed by atoms with van der Waals surface area (Å²) in [6.07, 6.45) is 1.43. The van der Waals surface area contributed by atoms with Crippen molar-refractivity contribution in [2.75, 3.05) is 5.32 Å². The number of halogens is 1. The fourth-order valence-electron chi connectivity index (χ4n) is 4.26. The summed E-state index contributed by atoms with van der Waals surface area (Å²) >= 11 is 1.21. The van der Waals surface area contributed by atoms with E-state index in [-0.39, 0.29) is 67.3 Å². The molecule has 2 aromatic carbocycles. The first-order valence-corrected chi connectivity index (χ1v) is 14.9. The zero-order chi connectivity index (χ0) is 32.8. The van der Waals surface area contributed by atoms with E-state index in [0.29, 0.717) is 16.8 Å². The molecule has 14 nitrogen and oxygen atoms in total. The van der Waals surface area contributed by atoms with Crippen molar-refractivity contribution in [2.45, 2.75) is 47.1 Å². The molecule has 16 heteroatoms. The molecule has 0 spiro atoms. The maximum Gasteiger partial charge on any atom is 0.310 e. The normalized spacial score (nSPS) is 12.2. The van der Waals surface area contributed by atoms with Crippen LogP contribution in [0.2, 0.25) is 0 Å². The molecular weight excluding hydrogens is 617 g/mol. The predicted molar refractivity (Wildman–Crippen MR) is 165 cm³/mol. The Morgan fingerprint density at radius 3 is 2.61 bits per heavy atom. The highest BCUT2D eigenvalue weighted by molar-refractivity contribution is 7.13. The highest BCUT2D eigenvalue weighted by Gasteiger charge is 2.28. The van der Waals surface area contributed by atoms with Crippen molar-refractivity contribution < 1.29 is 28.3 Å². The lowest BCUT2D eigenvalue weighted by molar-refractivity contribution is -0.152. The van der Waals surface area contributed by atoms with Crippen LogP contribution in [-0.2, 0) is 40.7 Å². The number of ether oxygens (including phenoxy) is 1. The van der Waals surface area contributed by atoms with Crippen LogP contribution in [0.3, 0.4) is 0 Å². The number of carbonyl (C=O) groups excluding carboxylic acids is 4. The fraction of sp³-hybridized carbons (Fsp3) is 0.267. The molecule has 238 valence electrons. The van der Waals surface area contributed by atoms with Gasteiger partial charge < -0.3 is 25.3 Å². The van der Waals surface area contributed by atoms with Gasteiger partial charge in [0.25, 0.3) is 11.8 Å². The Kier molecular flexibility index (Phi) is 9.76. The lowest BCUT2D eigenvalue weighted by atomic mass is 10.2. The van der Waals surface area contributed by atoms with Crippen molar-refractivity contribution in [2.24, 2.45) is 5.92 Å². The molecule has 0 saturated carbocycles. The van der Waals surface area contributed by atoms with Gasteiger partial charge >= 0.3 is 5.97 Å². The molecule has 0 unspecified atom stereocenters. The van der Waals surface area contributed by atoms with Gasteiger partial charge in [-0.15, -0.1) is 4.80 Å². The molecule has 0 radical (unpaired) electrons. The number of imidazole rings is 1. The zero-order valence-corrected chi connectivity index (χ0v) is 25.9. The van der Waals surface area contributed by atoms with Gasteiger partial charge in [0.1, 0.15) is 23.7 Å². The minimum absolute atomic E-state index is 0.0118. The molecule has 0 fully saturated rings. The van der Waals surface area contributed by atoms with E-state index in [9.17, 15) is 23.6 Å². The zero-order valence-electron chi connectivity index (χ0n) is 25.1. The summed E-state index contributed by atoms with van der Waals surface area (Å²) in [4.78, 5) is 55.2. The number of nitrogens with one attached hydrogen (secondary N) is 3. The first-order chi connectivity index (χ1) is 22.1. The molecule has 3 amide bonds. The smallest absolute Gasteiger partial charge is 0.310 e. The third-order valence-corrected chi connectivity index (χ3v) is 7.50. The van der Waals surface area contributed by atoms with E-state index < -0.39 is 11.8 Å². The van der Waals surface area contributed by atoms with E-state index in [0.717, 1.165) is 10.3 Å². The number of aryl methyl sites for hydroxylation is 1. The van der Waals surface area contributed by atoms with Crippen LogP contribution in [0.15, 0.2) is 54.7 Å². The molecule has 46 heavy (non-hydrogen) atoms. The third kappa shape index (κ3) is 7.58. The topological polar surface area (TPSA) is 175 Å². The maximum atomic E-state index is 13.0. The molecule has 0 atom stereocenters. The van der Waals surface area contributed by atoms with Crippen LogP contribution in [0.1, 0.15) is 51.9 Å². The molecule has 3 aromatic heterocycles. The van der Waals surface area contributed by atoms with Crippen LogP contribution in [0.5, 0.6) is 0 Å². The van der Waals surface area contributed by atoms with E-state index in [1.165, 1.54) is 39.2 Å². The number of anilines is 1. The number of rotatable bonds is 8. The summed E-state index contributed by atoms with van der Waals surface area (Å²) in [6.45, 7) is 5.20. The first kappa shape index (κ1) is 31.9. The second-order valence-corrected chi connectivity index (χ2v) is 11.3. The minimum atomic E-state index is -0.568. The van der Waals surface area contributed by atoms with E-state index in [1.54, 1.807) is 32.0 Å². The van der Waals surface area contributed by atoms with Crippen LogP contribution in [-0.4, -0.2) is 52.6 Å². The Labute approximate surface area is 266 Å². The Hall–Kier alpha value is -5.51. The lowest BCUT2D eigenvalue weighted by Gasteiger charge is -2.17. The monoisotopic (exact) mass is 647 g/mol. The van der Waals surface area contributed by atoms with Crippen LogP contribution in [0.25, 0.3) is 10.1 Å². The lowest BCUT2D eigenvalue weighted by Crippen LogP contribution is -2.37. The number of fused-ring (bicyclic) bond motifs is 2. The van der Waals surface area contributed by atoms with Gasteiger partial charge in [-0.1, -0.05) is 49.7 Å². The number of hydrogen-bond acceptors (Lipinski definition) is 10. The first-order valence-electron chi connectivity index (χ1n) is 14.2. The van der Waals surface area contributed by atoms with Gasteiger partial charge in [-0.2, -0.15) is 14.6 Å². The predicted octanol–water partition coefficient (Wildman–Crippen LogP) is 3.19. The Bertz CT molecular complexity index is 1880. The summed E-state index contributed by atoms with van der Waals surface area (Å²) in [5.74, 6) is -2.02. The molecule has 5 aromatic rings. The summed E-state index contributed by atoms with van der Waals surface area (Å²) < 4.78 is 23.8. The number of aromatic nitrogens is 6. The van der Waals surface area contributed by atoms with E-state index in [1.807, 2.05) is 25.1 Å². The van der Waals surface area contributed by atoms with Crippen molar-refractivity contribution in [1.29, 1.82) is 0 Å². The Morgan fingerprint density at radius 2 is 1.87 bits per heavy atom. The van der Waals surface area contributed by atoms with E-state index in [4.69, 9.17) is 4.74 Å². The third-order valence-electron chi connectivity index (χ3n) is 6.67. The summed E-state index contributed by atoms with van der Waals surface area (Å²) in [7, 11) is 0. The molecule has 1 aliphatic heterocycles. The number of amides is 3. The van der Waals surface area contributed by atoms with Gasteiger partial charge in [-0.25, -0.2) is 9.37 Å². The summed E-state index contributed by atoms with van der Waals surface area (Å²) in [5, 5.41) is 17.0. The molecule has 0 bridgehead atoms. The number of esters is 1. The molecule has 0 aliphatic carbocycles. The van der Waals surface area contributed by atoms with Crippen molar-refractivity contribution in [1.82, 2.24) is 39.6 Å². The van der Waals surface area contributed by atoms with Gasteiger partial charge in [0, 0.05) is 5.39 Å². The SMILES string of the molecule is CC(C)C(=O)OCn1ncc(CNC(=O)c2nc(NC(=O)c3nsc4ccccc34)c3n2CC(=O)NC3)n1.Cc1ccc(F)cc1. The van der Waals surface area contributed by atoms with Gasteiger partial charge in [0.2, 0.25) is 18.5 Å². The fourth-order valence-corrected chi connectivity index (χ4v) is 5.03. The van der Waals surface area contributed by atoms with E-state index in [2.05, 4.69) is 35.5 Å². The second kappa shape index (κ2) is 14.1. The number of carbonyl (C=O) groups is 4. The number of hydrogen-bond donors (Lipinski definition) is 3. The van der Waals surface area contributed by atoms with Crippen LogP contribution < -0.4 is 16.0 Å². The number of benzene rings is 2. The largest absolute Gasteiger partial charge is 0.440 e. The molecule has 1 aliphatic rings. The highest BCUT2D eigenvalue weighted by atomic mass is 32.1. The molecule has 3 N–H and O–H groups in total. The van der Waals surface area contributed by atoms with Crippen LogP contribution in [0, 0.1) is 18.7 Å². The van der Waals surface area contributed by atoms with Gasteiger partial charge in [-0.05, 0) is 36.7 Å². The highest BCUT2D eigenvalue weighted by Crippen LogP contribution is 2.25. The summed E-state index contributed by atoms with van der Waals surface area (Å²) in [6, 6.07) is 13.8. The van der Waals surface area contributed by atoms with Crippen molar-refractivity contribution in [3.63, 3.8) is 0 Å². The molecular formula is C30H30FN9O5S. The quantitative estimate of drug-likeness (QED) is 0.214. The molecule has 0 saturated heterocycles. The van der Waals surface area contributed by atoms with Crippen molar-refractivity contribution in [3.05, 3.63) is 89.0 Å². The second-order valence-electron chi connectivity index (χ2n) is 10.5. The standard InChI is InChI=1S/C23H23N9O5S.C7H7F/c1-12(2)23(36)37-11-32-26-8-13(29-32)7-25-22(35)20-27-19(15-9-24-17(33)10-31(15)20)28-21(34)18-14-5-3-4-6-16(14)38-30-18;1-6-2-4-7(8)5-3-6/h3-6,8,12H,7,9-11H2,1-2H3,(H,24,33)(H,25,35)(H,28,34);2-5H,1H3. The Balaban J connectivity index is 0.000000455. The van der Waals surface area contributed by atoms with E-state index >= 15 is 0 Å². The molecule has 4 heterocycles. The average molecular weight is 648 g/mol. The average Bonchev–Trinajstić information content (AvgIpc) is 3.77. The van der Waals surface area contributed by atoms with Gasteiger partial charge in [0.15, 0.2) is 5.82 Å². The number of nitrogens with zero attached hydrogens (tertiary/aromatic N) is 6. The molecule has 6 rings (SSSR count). The van der Waals surface area contributed by atoms with Crippen LogP contribution >= 0.6 is 11.5 Å². The van der Waals surface area contributed by atoms with Gasteiger partial charge in [-0.3, -0.25) is 19.2 Å². The van der Waals surface area contributed by atoms with Crippen molar-refractivity contribution in [3.8, 4) is 0 Å². The maximum absolute atomic E-state index is 13.0. The Morgan fingerprint density at radius 1 is 1.11 bits per heavy atom. The van der Waals surface area contributed by atoms with Crippen LogP contribution in [0.4, 0.5) is 10.2 Å². The van der Waals surface area contributed by atoms with Gasteiger partial charge in [0.05, 0.1) is 35.6 Å². The van der Waals surface area contributed by atoms with Crippen molar-refractivity contribution >= 4 is 51.1 Å².